The van der Waals surface area contributed by atoms with Gasteiger partial charge in [-0.1, -0.05) is 0 Å². The second kappa shape index (κ2) is 10.2. The fourth-order valence-electron chi connectivity index (χ4n) is 0.476. The Morgan fingerprint density at radius 2 is 1.82 bits per heavy atom. The number of alkyl halides is 1. The molecule has 11 heavy (non-hydrogen) atoms. The summed E-state index contributed by atoms with van der Waals surface area (Å²) in [5, 5.41) is 0. The number of methoxy groups -OCH3 is 1. The van der Waals surface area contributed by atoms with Crippen LogP contribution in [-0.2, 0) is 14.2 Å². The molecule has 0 aliphatic carbocycles. The minimum atomic E-state index is 0.334. The van der Waals surface area contributed by atoms with E-state index in [1.54, 1.807) is 7.11 Å². The molecule has 0 radical (unpaired) electrons. The Morgan fingerprint density at radius 1 is 1.09 bits per heavy atom. The van der Waals surface area contributed by atoms with Crippen molar-refractivity contribution in [2.75, 3.05) is 39.6 Å². The van der Waals surface area contributed by atoms with E-state index in [0.717, 1.165) is 6.42 Å². The van der Waals surface area contributed by atoms with Crippen molar-refractivity contribution < 1.29 is 14.2 Å². The maximum Gasteiger partial charge on any atom is 0.146 e. The van der Waals surface area contributed by atoms with Crippen LogP contribution < -0.4 is 0 Å². The first kappa shape index (κ1) is 11.2. The molecular weight excluding hydrogens is 168 g/mol. The summed E-state index contributed by atoms with van der Waals surface area (Å²) in [6.07, 6.45) is 0.870. The topological polar surface area (TPSA) is 27.7 Å². The van der Waals surface area contributed by atoms with E-state index < -0.39 is 0 Å². The average molecular weight is 183 g/mol. The van der Waals surface area contributed by atoms with Crippen molar-refractivity contribution in [1.82, 2.24) is 0 Å². The zero-order chi connectivity index (χ0) is 8.36. The van der Waals surface area contributed by atoms with Gasteiger partial charge in [0.1, 0.15) is 6.79 Å². The normalized spacial score (nSPS) is 10.4. The Balaban J connectivity index is 2.69. The predicted molar refractivity (Wildman–Crippen MR) is 44.0 cm³/mol. The molecule has 0 aromatic rings. The highest BCUT2D eigenvalue weighted by Crippen LogP contribution is 1.86. The molecule has 0 heterocycles. The van der Waals surface area contributed by atoms with Crippen molar-refractivity contribution in [1.29, 1.82) is 0 Å². The van der Waals surface area contributed by atoms with Gasteiger partial charge < -0.3 is 14.2 Å². The molecule has 0 atom stereocenters. The molecule has 0 fully saturated rings. The number of hydrogen-bond donors (Lipinski definition) is 0. The summed E-state index contributed by atoms with van der Waals surface area (Å²) in [5.74, 6) is 0.637. The molecule has 3 nitrogen and oxygen atoms in total. The van der Waals surface area contributed by atoms with Crippen molar-refractivity contribution in [2.45, 2.75) is 6.42 Å². The summed E-state index contributed by atoms with van der Waals surface area (Å²) in [7, 11) is 1.64. The molecule has 0 rings (SSSR count). The van der Waals surface area contributed by atoms with Crippen LogP contribution in [0.2, 0.25) is 0 Å². The average Bonchev–Trinajstić information content (AvgIpc) is 2.03. The SMILES string of the molecule is COCCOCOCCCCl. The maximum absolute atomic E-state index is 5.42. The van der Waals surface area contributed by atoms with E-state index >= 15 is 0 Å². The van der Waals surface area contributed by atoms with Crippen LogP contribution in [0.5, 0.6) is 0 Å². The number of halogens is 1. The van der Waals surface area contributed by atoms with Crippen molar-refractivity contribution in [3.05, 3.63) is 0 Å². The van der Waals surface area contributed by atoms with E-state index in [0.29, 0.717) is 32.5 Å². The third kappa shape index (κ3) is 10.2. The van der Waals surface area contributed by atoms with Gasteiger partial charge in [-0.3, -0.25) is 0 Å². The highest BCUT2D eigenvalue weighted by atomic mass is 35.5. The van der Waals surface area contributed by atoms with Gasteiger partial charge in [0.25, 0.3) is 0 Å². The zero-order valence-corrected chi connectivity index (χ0v) is 7.60. The monoisotopic (exact) mass is 182 g/mol. The van der Waals surface area contributed by atoms with E-state index in [1.807, 2.05) is 0 Å². The van der Waals surface area contributed by atoms with Crippen molar-refractivity contribution in [3.8, 4) is 0 Å². The van der Waals surface area contributed by atoms with Gasteiger partial charge in [0.15, 0.2) is 0 Å². The van der Waals surface area contributed by atoms with Crippen molar-refractivity contribution in [2.24, 2.45) is 0 Å². The molecule has 0 N–H and O–H groups in total. The molecule has 0 aromatic carbocycles. The van der Waals surface area contributed by atoms with Crippen LogP contribution in [0.4, 0.5) is 0 Å². The Morgan fingerprint density at radius 3 is 2.45 bits per heavy atom. The first-order chi connectivity index (χ1) is 5.41. The first-order valence-corrected chi connectivity index (χ1v) is 4.15. The summed E-state index contributed by atoms with van der Waals surface area (Å²) in [6.45, 7) is 2.19. The van der Waals surface area contributed by atoms with Gasteiger partial charge in [0.2, 0.25) is 0 Å². The zero-order valence-electron chi connectivity index (χ0n) is 6.85. The quantitative estimate of drug-likeness (QED) is 0.321. The van der Waals surface area contributed by atoms with Crippen LogP contribution in [0.3, 0.4) is 0 Å². The molecule has 4 heteroatoms. The molecule has 0 bridgehead atoms. The van der Waals surface area contributed by atoms with E-state index in [9.17, 15) is 0 Å². The Bertz CT molecular complexity index is 62.7. The minimum absolute atomic E-state index is 0.334. The Labute approximate surface area is 72.6 Å². The lowest BCUT2D eigenvalue weighted by Gasteiger charge is -2.03. The summed E-state index contributed by atoms with van der Waals surface area (Å²) in [6, 6.07) is 0. The van der Waals surface area contributed by atoms with Crippen LogP contribution in [0.15, 0.2) is 0 Å². The van der Waals surface area contributed by atoms with Crippen LogP contribution in [0.1, 0.15) is 6.42 Å². The molecule has 0 aliphatic heterocycles. The van der Waals surface area contributed by atoms with Gasteiger partial charge in [-0.15, -0.1) is 11.6 Å². The summed E-state index contributed by atoms with van der Waals surface area (Å²) in [5.41, 5.74) is 0. The first-order valence-electron chi connectivity index (χ1n) is 3.62. The van der Waals surface area contributed by atoms with E-state index in [4.69, 9.17) is 25.8 Å². The van der Waals surface area contributed by atoms with Crippen LogP contribution in [0, 0.1) is 0 Å². The van der Waals surface area contributed by atoms with Gasteiger partial charge >= 0.3 is 0 Å². The van der Waals surface area contributed by atoms with E-state index in [-0.39, 0.29) is 0 Å². The minimum Gasteiger partial charge on any atom is -0.382 e. The van der Waals surface area contributed by atoms with Gasteiger partial charge in [-0.05, 0) is 6.42 Å². The van der Waals surface area contributed by atoms with Gasteiger partial charge in [-0.2, -0.15) is 0 Å². The molecular formula is C7H15ClO3. The van der Waals surface area contributed by atoms with Crippen LogP contribution >= 0.6 is 11.6 Å². The summed E-state index contributed by atoms with van der Waals surface area (Å²) >= 11 is 5.42. The molecule has 0 unspecified atom stereocenters. The predicted octanol–water partition coefficient (Wildman–Crippen LogP) is 1.25. The van der Waals surface area contributed by atoms with Crippen molar-refractivity contribution in [3.63, 3.8) is 0 Å². The molecule has 0 aliphatic rings. The van der Waals surface area contributed by atoms with E-state index in [2.05, 4.69) is 0 Å². The molecule has 68 valence electrons. The summed E-state index contributed by atoms with van der Waals surface area (Å²) < 4.78 is 14.9. The third-order valence-corrected chi connectivity index (χ3v) is 1.29. The van der Waals surface area contributed by atoms with Crippen LogP contribution in [0.25, 0.3) is 0 Å². The summed E-state index contributed by atoms with van der Waals surface area (Å²) in [4.78, 5) is 0. The van der Waals surface area contributed by atoms with Gasteiger partial charge in [-0.25, -0.2) is 0 Å². The maximum atomic E-state index is 5.42. The third-order valence-electron chi connectivity index (χ3n) is 1.02. The van der Waals surface area contributed by atoms with Crippen molar-refractivity contribution >= 4 is 11.6 Å². The molecule has 0 amide bonds. The lowest BCUT2D eigenvalue weighted by atomic mass is 10.5. The van der Waals surface area contributed by atoms with Crippen LogP contribution in [-0.4, -0.2) is 39.6 Å². The second-order valence-electron chi connectivity index (χ2n) is 1.97. The second-order valence-corrected chi connectivity index (χ2v) is 2.35. The molecule has 0 saturated carbocycles. The lowest BCUT2D eigenvalue weighted by molar-refractivity contribution is -0.0652. The number of hydrogen-bond acceptors (Lipinski definition) is 3. The van der Waals surface area contributed by atoms with Gasteiger partial charge in [0, 0.05) is 13.0 Å². The lowest BCUT2D eigenvalue weighted by Crippen LogP contribution is -2.06. The fraction of sp³-hybridized carbons (Fsp3) is 1.00. The van der Waals surface area contributed by atoms with Gasteiger partial charge in [0.05, 0.1) is 19.8 Å². The molecule has 0 aromatic heterocycles. The smallest absolute Gasteiger partial charge is 0.146 e. The fourth-order valence-corrected chi connectivity index (χ4v) is 0.585. The highest BCUT2D eigenvalue weighted by Gasteiger charge is 1.87. The largest absolute Gasteiger partial charge is 0.382 e. The number of rotatable bonds is 8. The number of ether oxygens (including phenoxy) is 3. The van der Waals surface area contributed by atoms with E-state index in [1.165, 1.54) is 0 Å². The highest BCUT2D eigenvalue weighted by molar-refractivity contribution is 6.17. The Kier molecular flexibility index (Phi) is 10.3. The molecule has 0 spiro atoms. The molecule has 0 saturated heterocycles. The Hall–Kier alpha value is 0.170. The standard InChI is InChI=1S/C7H15ClO3/c1-9-5-6-11-7-10-4-2-3-8/h2-7H2,1H3.